The van der Waals surface area contributed by atoms with Crippen LogP contribution in [-0.4, -0.2) is 5.78 Å². The van der Waals surface area contributed by atoms with Gasteiger partial charge in [0.1, 0.15) is 11.2 Å². The van der Waals surface area contributed by atoms with Crippen molar-refractivity contribution in [2.24, 2.45) is 0 Å². The topological polar surface area (TPSA) is 17.1 Å². The zero-order chi connectivity index (χ0) is 10.0. The van der Waals surface area contributed by atoms with Crippen LogP contribution in [0.5, 0.6) is 0 Å². The number of Topliss-reactive ketones (excluding diaryl/α,β-unsaturated/α-hetero) is 1. The minimum atomic E-state index is -0.666. The molecule has 0 radical (unpaired) electrons. The van der Waals surface area contributed by atoms with E-state index in [1.807, 2.05) is 0 Å². The number of aryl methyl sites for hydroxylation is 1. The number of hydrogen-bond donors (Lipinski definition) is 0. The summed E-state index contributed by atoms with van der Waals surface area (Å²) < 4.78 is 12.7. The van der Waals surface area contributed by atoms with Gasteiger partial charge in [0.15, 0.2) is 5.78 Å². The van der Waals surface area contributed by atoms with Crippen molar-refractivity contribution < 1.29 is 9.18 Å². The third kappa shape index (κ3) is 2.28. The molecule has 0 spiro atoms. The Balaban J connectivity index is 3.08. The fourth-order valence-corrected chi connectivity index (χ4v) is 1.39. The van der Waals surface area contributed by atoms with Gasteiger partial charge >= 0.3 is 0 Å². The molecule has 0 aliphatic rings. The van der Waals surface area contributed by atoms with Gasteiger partial charge in [-0.2, -0.15) is 0 Å². The Labute approximate surface area is 81.5 Å². The maximum atomic E-state index is 12.7. The molecule has 70 valence electrons. The minimum absolute atomic E-state index is 0.128. The highest BCUT2D eigenvalue weighted by Crippen LogP contribution is 2.24. The van der Waals surface area contributed by atoms with Crippen LogP contribution in [0, 0.1) is 12.7 Å². The lowest BCUT2D eigenvalue weighted by molar-refractivity contribution is -0.116. The van der Waals surface area contributed by atoms with Crippen LogP contribution in [0.4, 0.5) is 4.39 Å². The highest BCUT2D eigenvalue weighted by atomic mass is 35.5. The third-order valence-electron chi connectivity index (χ3n) is 1.86. The Morgan fingerprint density at radius 2 is 2.15 bits per heavy atom. The first-order valence-corrected chi connectivity index (χ1v) is 4.36. The van der Waals surface area contributed by atoms with Gasteiger partial charge in [-0.15, -0.1) is 11.6 Å². The van der Waals surface area contributed by atoms with Crippen molar-refractivity contribution in [1.29, 1.82) is 0 Å². The van der Waals surface area contributed by atoms with Gasteiger partial charge in [0, 0.05) is 0 Å². The van der Waals surface area contributed by atoms with E-state index in [1.54, 1.807) is 13.0 Å². The summed E-state index contributed by atoms with van der Waals surface area (Å²) in [5.41, 5.74) is 1.38. The summed E-state index contributed by atoms with van der Waals surface area (Å²) in [4.78, 5) is 11.0. The van der Waals surface area contributed by atoms with E-state index in [9.17, 15) is 9.18 Å². The van der Waals surface area contributed by atoms with Crippen LogP contribution >= 0.6 is 11.6 Å². The molecule has 0 bridgehead atoms. The summed E-state index contributed by atoms with van der Waals surface area (Å²) in [6.07, 6.45) is 0. The van der Waals surface area contributed by atoms with Crippen molar-refractivity contribution >= 4 is 17.4 Å². The molecule has 0 amide bonds. The SMILES string of the molecule is CC(=O)C(Cl)c1ccc(F)cc1C. The fraction of sp³-hybridized carbons (Fsp3) is 0.300. The average molecular weight is 201 g/mol. The number of alkyl halides is 1. The van der Waals surface area contributed by atoms with Crippen LogP contribution < -0.4 is 0 Å². The Bertz CT molecular complexity index is 336. The van der Waals surface area contributed by atoms with E-state index in [0.29, 0.717) is 11.1 Å². The summed E-state index contributed by atoms with van der Waals surface area (Å²) in [6.45, 7) is 3.15. The Kier molecular flexibility index (Phi) is 3.04. The summed E-state index contributed by atoms with van der Waals surface area (Å²) in [5, 5.41) is -0.666. The van der Waals surface area contributed by atoms with Crippen molar-refractivity contribution in [3.63, 3.8) is 0 Å². The Morgan fingerprint density at radius 1 is 1.54 bits per heavy atom. The predicted octanol–water partition coefficient (Wildman–Crippen LogP) is 3.00. The second-order valence-electron chi connectivity index (χ2n) is 2.97. The van der Waals surface area contributed by atoms with E-state index in [-0.39, 0.29) is 11.6 Å². The lowest BCUT2D eigenvalue weighted by Crippen LogP contribution is -2.03. The van der Waals surface area contributed by atoms with E-state index in [4.69, 9.17) is 11.6 Å². The molecule has 0 saturated heterocycles. The Morgan fingerprint density at radius 3 is 2.62 bits per heavy atom. The zero-order valence-electron chi connectivity index (χ0n) is 7.47. The number of halogens is 2. The normalized spacial score (nSPS) is 12.6. The fourth-order valence-electron chi connectivity index (χ4n) is 1.14. The summed E-state index contributed by atoms with van der Waals surface area (Å²) >= 11 is 5.83. The van der Waals surface area contributed by atoms with Crippen LogP contribution in [0.2, 0.25) is 0 Å². The van der Waals surface area contributed by atoms with Gasteiger partial charge < -0.3 is 0 Å². The summed E-state index contributed by atoms with van der Waals surface area (Å²) in [6, 6.07) is 4.22. The van der Waals surface area contributed by atoms with Crippen molar-refractivity contribution in [1.82, 2.24) is 0 Å². The molecular formula is C10H10ClFO. The molecule has 0 aliphatic heterocycles. The highest BCUT2D eigenvalue weighted by Gasteiger charge is 2.15. The minimum Gasteiger partial charge on any atom is -0.298 e. The van der Waals surface area contributed by atoms with Gasteiger partial charge in [0.25, 0.3) is 0 Å². The standard InChI is InChI=1S/C10H10ClFO/c1-6-5-8(12)3-4-9(6)10(11)7(2)13/h3-5,10H,1-2H3. The lowest BCUT2D eigenvalue weighted by atomic mass is 10.0. The molecule has 0 aromatic heterocycles. The first kappa shape index (κ1) is 10.2. The number of carbonyl (C=O) groups excluding carboxylic acids is 1. The van der Waals surface area contributed by atoms with E-state index < -0.39 is 5.38 Å². The largest absolute Gasteiger partial charge is 0.298 e. The smallest absolute Gasteiger partial charge is 0.152 e. The van der Waals surface area contributed by atoms with Crippen molar-refractivity contribution in [2.75, 3.05) is 0 Å². The summed E-state index contributed by atoms with van der Waals surface area (Å²) in [7, 11) is 0. The molecule has 1 aromatic carbocycles. The molecule has 13 heavy (non-hydrogen) atoms. The molecule has 0 aliphatic carbocycles. The molecule has 0 saturated carbocycles. The highest BCUT2D eigenvalue weighted by molar-refractivity contribution is 6.30. The summed E-state index contributed by atoms with van der Waals surface area (Å²) in [5.74, 6) is -0.440. The molecular weight excluding hydrogens is 191 g/mol. The predicted molar refractivity (Wildman–Crippen MR) is 50.4 cm³/mol. The van der Waals surface area contributed by atoms with Crippen molar-refractivity contribution in [3.8, 4) is 0 Å². The monoisotopic (exact) mass is 200 g/mol. The molecule has 1 atom stereocenters. The number of rotatable bonds is 2. The van der Waals surface area contributed by atoms with Gasteiger partial charge in [-0.05, 0) is 37.1 Å². The number of carbonyl (C=O) groups is 1. The van der Waals surface area contributed by atoms with Gasteiger partial charge in [0.05, 0.1) is 0 Å². The molecule has 1 unspecified atom stereocenters. The van der Waals surface area contributed by atoms with Crippen LogP contribution in [0.3, 0.4) is 0 Å². The number of ketones is 1. The second kappa shape index (κ2) is 3.88. The van der Waals surface area contributed by atoms with E-state index in [0.717, 1.165) is 0 Å². The number of hydrogen-bond acceptors (Lipinski definition) is 1. The zero-order valence-corrected chi connectivity index (χ0v) is 8.23. The van der Waals surface area contributed by atoms with E-state index in [1.165, 1.54) is 19.1 Å². The van der Waals surface area contributed by atoms with Crippen LogP contribution in [0.1, 0.15) is 23.4 Å². The van der Waals surface area contributed by atoms with Gasteiger partial charge in [-0.1, -0.05) is 6.07 Å². The molecule has 1 nitrogen and oxygen atoms in total. The lowest BCUT2D eigenvalue weighted by Gasteiger charge is -2.08. The number of benzene rings is 1. The maximum absolute atomic E-state index is 12.7. The maximum Gasteiger partial charge on any atom is 0.152 e. The van der Waals surface area contributed by atoms with Crippen LogP contribution in [-0.2, 0) is 4.79 Å². The molecule has 3 heteroatoms. The molecule has 1 rings (SSSR count). The van der Waals surface area contributed by atoms with Gasteiger partial charge in [-0.3, -0.25) is 4.79 Å². The quantitative estimate of drug-likeness (QED) is 0.671. The van der Waals surface area contributed by atoms with E-state index in [2.05, 4.69) is 0 Å². The van der Waals surface area contributed by atoms with Gasteiger partial charge in [-0.25, -0.2) is 4.39 Å². The Hall–Kier alpha value is -0.890. The van der Waals surface area contributed by atoms with Crippen molar-refractivity contribution in [3.05, 3.63) is 35.1 Å². The first-order valence-electron chi connectivity index (χ1n) is 3.93. The van der Waals surface area contributed by atoms with Crippen molar-refractivity contribution in [2.45, 2.75) is 19.2 Å². The second-order valence-corrected chi connectivity index (χ2v) is 3.41. The molecule has 1 aromatic rings. The van der Waals surface area contributed by atoms with Crippen LogP contribution in [0.25, 0.3) is 0 Å². The third-order valence-corrected chi connectivity index (χ3v) is 2.40. The van der Waals surface area contributed by atoms with Gasteiger partial charge in [0.2, 0.25) is 0 Å². The molecule has 0 heterocycles. The van der Waals surface area contributed by atoms with E-state index >= 15 is 0 Å². The molecule has 0 N–H and O–H groups in total. The van der Waals surface area contributed by atoms with Crippen LogP contribution in [0.15, 0.2) is 18.2 Å². The average Bonchev–Trinajstić information content (AvgIpc) is 2.03. The molecule has 0 fully saturated rings. The first-order chi connectivity index (χ1) is 6.02.